The molecule has 2 aliphatic heterocycles. The number of carbonyl (C=O) groups is 1. The van der Waals surface area contributed by atoms with Crippen LogP contribution in [0.5, 0.6) is 0 Å². The van der Waals surface area contributed by atoms with Crippen molar-refractivity contribution in [2.75, 3.05) is 12.3 Å². The van der Waals surface area contributed by atoms with Crippen LogP contribution in [0.2, 0.25) is 0 Å². The number of nitrogens with zero attached hydrogens (tertiary/aromatic N) is 4. The van der Waals surface area contributed by atoms with E-state index in [1.54, 1.807) is 16.8 Å². The summed E-state index contributed by atoms with van der Waals surface area (Å²) in [5.74, 6) is -1.15. The topological polar surface area (TPSA) is 76.5 Å². The average molecular weight is 418 g/mol. The number of hydrogen-bond donors (Lipinski definition) is 1. The van der Waals surface area contributed by atoms with Gasteiger partial charge in [-0.25, -0.2) is 9.97 Å². The van der Waals surface area contributed by atoms with Gasteiger partial charge in [0.15, 0.2) is 5.82 Å². The quantitative estimate of drug-likeness (QED) is 0.773. The smallest absolute Gasteiger partial charge is 0.382 e. The summed E-state index contributed by atoms with van der Waals surface area (Å²) in [4.78, 5) is 22.0. The number of halogens is 4. The Hall–Kier alpha value is -1.84. The molecule has 1 amide bonds. The molecule has 0 radical (unpaired) electrons. The molecule has 3 atom stereocenters. The van der Waals surface area contributed by atoms with Gasteiger partial charge in [-0.05, 0) is 28.8 Å². The third-order valence-corrected chi connectivity index (χ3v) is 5.71. The van der Waals surface area contributed by atoms with Crippen molar-refractivity contribution in [1.82, 2.24) is 19.3 Å². The zero-order valence-corrected chi connectivity index (χ0v) is 14.6. The summed E-state index contributed by atoms with van der Waals surface area (Å²) in [6.45, 7) is 0.240. The van der Waals surface area contributed by atoms with Gasteiger partial charge < -0.3 is 10.6 Å². The van der Waals surface area contributed by atoms with E-state index in [-0.39, 0.29) is 12.5 Å². The van der Waals surface area contributed by atoms with Gasteiger partial charge in [-0.3, -0.25) is 9.20 Å². The molecule has 25 heavy (non-hydrogen) atoms. The van der Waals surface area contributed by atoms with Crippen LogP contribution in [-0.2, 0) is 4.79 Å². The molecule has 2 aromatic rings. The summed E-state index contributed by atoms with van der Waals surface area (Å²) < 4.78 is 41.8. The second-order valence-corrected chi connectivity index (χ2v) is 7.28. The first kappa shape index (κ1) is 16.6. The van der Waals surface area contributed by atoms with Gasteiger partial charge in [0.1, 0.15) is 15.9 Å². The van der Waals surface area contributed by atoms with Crippen LogP contribution in [0.3, 0.4) is 0 Å². The minimum atomic E-state index is -4.34. The summed E-state index contributed by atoms with van der Waals surface area (Å²) in [6.07, 6.45) is -0.682. The lowest BCUT2D eigenvalue weighted by Gasteiger charge is -2.37. The molecule has 0 aromatic carbocycles. The predicted molar refractivity (Wildman–Crippen MR) is 86.7 cm³/mol. The van der Waals surface area contributed by atoms with Crippen LogP contribution < -0.4 is 5.73 Å². The summed E-state index contributed by atoms with van der Waals surface area (Å²) >= 11 is 3.36. The predicted octanol–water partition coefficient (Wildman–Crippen LogP) is 2.73. The third kappa shape index (κ3) is 2.57. The molecular formula is C15H15BrF3N5O. The van der Waals surface area contributed by atoms with Crippen molar-refractivity contribution < 1.29 is 18.0 Å². The number of anilines is 1. The molecule has 6 nitrogen and oxygen atoms in total. The van der Waals surface area contributed by atoms with Crippen molar-refractivity contribution in [2.24, 2.45) is 5.92 Å². The zero-order chi connectivity index (χ0) is 17.9. The maximum absolute atomic E-state index is 13.2. The lowest BCUT2D eigenvalue weighted by Crippen LogP contribution is -2.45. The number of imidazole rings is 1. The van der Waals surface area contributed by atoms with E-state index in [1.807, 2.05) is 0 Å². The number of amides is 1. The van der Waals surface area contributed by atoms with Crippen molar-refractivity contribution in [3.63, 3.8) is 0 Å². The number of nitrogen functional groups attached to an aromatic ring is 1. The average Bonchev–Trinajstić information content (AvgIpc) is 3.06. The van der Waals surface area contributed by atoms with Crippen LogP contribution in [0.4, 0.5) is 19.0 Å². The van der Waals surface area contributed by atoms with Gasteiger partial charge in [-0.2, -0.15) is 13.2 Å². The molecule has 0 aliphatic carbocycles. The lowest BCUT2D eigenvalue weighted by atomic mass is 9.87. The highest BCUT2D eigenvalue weighted by Crippen LogP contribution is 2.45. The summed E-state index contributed by atoms with van der Waals surface area (Å²) in [7, 11) is 0. The number of alkyl halides is 3. The van der Waals surface area contributed by atoms with Crippen molar-refractivity contribution in [1.29, 1.82) is 0 Å². The number of rotatable bonds is 1. The molecule has 0 saturated carbocycles. The number of carbonyl (C=O) groups excluding carboxylic acids is 1. The molecule has 2 aromatic heterocycles. The summed E-state index contributed by atoms with van der Waals surface area (Å²) in [6, 6.07) is -0.759. The second-order valence-electron chi connectivity index (χ2n) is 6.53. The first-order valence-corrected chi connectivity index (χ1v) is 8.70. The summed E-state index contributed by atoms with van der Waals surface area (Å²) in [5, 5.41) is 0. The normalized spacial score (nSPS) is 27.1. The molecule has 2 saturated heterocycles. The molecule has 4 heterocycles. The van der Waals surface area contributed by atoms with Crippen molar-refractivity contribution in [2.45, 2.75) is 37.4 Å². The Balaban J connectivity index is 1.66. The Kier molecular flexibility index (Phi) is 3.71. The van der Waals surface area contributed by atoms with Gasteiger partial charge in [0, 0.05) is 37.3 Å². The SMILES string of the molecule is Nc1nccn2c([C@@H]3CCC4C(C(F)(F)F)CC(=O)N4C3)nc(Br)c12. The molecular weight excluding hydrogens is 403 g/mol. The van der Waals surface area contributed by atoms with E-state index in [2.05, 4.69) is 25.9 Å². The molecule has 4 rings (SSSR count). The summed E-state index contributed by atoms with van der Waals surface area (Å²) in [5.41, 5.74) is 6.51. The highest BCUT2D eigenvalue weighted by atomic mass is 79.9. The van der Waals surface area contributed by atoms with E-state index in [0.717, 1.165) is 0 Å². The molecule has 2 aliphatic rings. The number of nitrogens with two attached hydrogens (primary N) is 1. The zero-order valence-electron chi connectivity index (χ0n) is 13.0. The maximum atomic E-state index is 13.2. The monoisotopic (exact) mass is 417 g/mol. The Morgan fingerprint density at radius 2 is 2.08 bits per heavy atom. The van der Waals surface area contributed by atoms with Crippen LogP contribution in [0.15, 0.2) is 17.0 Å². The van der Waals surface area contributed by atoms with Crippen molar-refractivity contribution in [3.05, 3.63) is 22.8 Å². The second kappa shape index (κ2) is 5.58. The molecule has 2 N–H and O–H groups in total. The Morgan fingerprint density at radius 1 is 1.32 bits per heavy atom. The van der Waals surface area contributed by atoms with Gasteiger partial charge in [-0.1, -0.05) is 0 Å². The van der Waals surface area contributed by atoms with E-state index >= 15 is 0 Å². The minimum Gasteiger partial charge on any atom is -0.382 e. The van der Waals surface area contributed by atoms with E-state index < -0.39 is 30.5 Å². The standard InChI is InChI=1S/C15H15BrF3N5O/c16-12-11-13(20)21-3-4-23(11)14(22-12)7-1-2-9-8(15(17,18)19)5-10(25)24(9)6-7/h3-4,7-9H,1-2,5-6H2,(H2,20,21)/t7-,8?,9?/m1/s1. The number of aromatic nitrogens is 3. The van der Waals surface area contributed by atoms with Crippen LogP contribution >= 0.6 is 15.9 Å². The van der Waals surface area contributed by atoms with Gasteiger partial charge in [-0.15, -0.1) is 0 Å². The first-order valence-electron chi connectivity index (χ1n) is 7.91. The van der Waals surface area contributed by atoms with Crippen molar-refractivity contribution >= 4 is 33.2 Å². The van der Waals surface area contributed by atoms with E-state index in [4.69, 9.17) is 5.73 Å². The van der Waals surface area contributed by atoms with Crippen LogP contribution in [-0.4, -0.2) is 43.9 Å². The van der Waals surface area contributed by atoms with Gasteiger partial charge >= 0.3 is 6.18 Å². The van der Waals surface area contributed by atoms with Crippen molar-refractivity contribution in [3.8, 4) is 0 Å². The number of hydrogen-bond acceptors (Lipinski definition) is 4. The number of piperidine rings is 1. The van der Waals surface area contributed by atoms with E-state index in [0.29, 0.717) is 34.6 Å². The molecule has 2 fully saturated rings. The first-order chi connectivity index (χ1) is 11.8. The van der Waals surface area contributed by atoms with E-state index in [1.165, 1.54) is 4.90 Å². The highest BCUT2D eigenvalue weighted by Gasteiger charge is 2.55. The Labute approximate surface area is 149 Å². The minimum absolute atomic E-state index is 0.146. The van der Waals surface area contributed by atoms with Crippen LogP contribution in [0.1, 0.15) is 31.0 Å². The van der Waals surface area contributed by atoms with E-state index in [9.17, 15) is 18.0 Å². The van der Waals surface area contributed by atoms with Gasteiger partial charge in [0.2, 0.25) is 5.91 Å². The van der Waals surface area contributed by atoms with Crippen LogP contribution in [0.25, 0.3) is 5.52 Å². The largest absolute Gasteiger partial charge is 0.394 e. The molecule has 134 valence electrons. The van der Waals surface area contributed by atoms with Gasteiger partial charge in [0.25, 0.3) is 0 Å². The third-order valence-electron chi connectivity index (χ3n) is 5.16. The van der Waals surface area contributed by atoms with Gasteiger partial charge in [0.05, 0.1) is 5.92 Å². The fraction of sp³-hybridized carbons (Fsp3) is 0.533. The number of fused-ring (bicyclic) bond motifs is 2. The molecule has 0 bridgehead atoms. The maximum Gasteiger partial charge on any atom is 0.394 e. The fourth-order valence-corrected chi connectivity index (χ4v) is 4.59. The molecule has 10 heteroatoms. The van der Waals surface area contributed by atoms with Crippen LogP contribution in [0, 0.1) is 5.92 Å². The Morgan fingerprint density at radius 3 is 2.80 bits per heavy atom. The lowest BCUT2D eigenvalue weighted by molar-refractivity contribution is -0.182. The highest BCUT2D eigenvalue weighted by molar-refractivity contribution is 9.10. The molecule has 2 unspecified atom stereocenters. The Bertz CT molecular complexity index is 852. The molecule has 0 spiro atoms. The fourth-order valence-electron chi connectivity index (χ4n) is 4.01.